The Morgan fingerprint density at radius 1 is 1.00 bits per heavy atom. The monoisotopic (exact) mass is 400 g/mol. The van der Waals surface area contributed by atoms with Crippen molar-refractivity contribution in [3.63, 3.8) is 0 Å². The Morgan fingerprint density at radius 3 is 2.29 bits per heavy atom. The van der Waals surface area contributed by atoms with Crippen molar-refractivity contribution in [1.82, 2.24) is 0 Å². The zero-order chi connectivity index (χ0) is 12.6. The Bertz CT molecular complexity index is 534. The molecule has 0 unspecified atom stereocenters. The Kier molecular flexibility index (Phi) is 14.1. The molecule has 0 atom stereocenters. The van der Waals surface area contributed by atoms with Crippen LogP contribution in [0, 0.1) is 0 Å². The molecule has 21 heavy (non-hydrogen) atoms. The molecule has 0 fully saturated rings. The van der Waals surface area contributed by atoms with E-state index in [-0.39, 0.29) is 57.6 Å². The molecule has 0 aliphatic rings. The normalized spacial score (nSPS) is 8.43. The van der Waals surface area contributed by atoms with Crippen LogP contribution < -0.4 is 29.6 Å². The first-order valence-electron chi connectivity index (χ1n) is 5.96. The van der Waals surface area contributed by atoms with E-state index in [1.807, 2.05) is 24.3 Å². The van der Waals surface area contributed by atoms with Crippen LogP contribution in [0.2, 0.25) is 0 Å². The summed E-state index contributed by atoms with van der Waals surface area (Å²) < 4.78 is 5.05. The van der Waals surface area contributed by atoms with Crippen molar-refractivity contribution >= 4 is 10.8 Å². The number of aliphatic hydroxyl groups excluding tert-OH is 1. The summed E-state index contributed by atoms with van der Waals surface area (Å²) in [5.74, 6) is 0.823. The van der Waals surface area contributed by atoms with Crippen LogP contribution in [0.15, 0.2) is 66.7 Å². The van der Waals surface area contributed by atoms with E-state index in [1.165, 1.54) is 10.8 Å². The topological polar surface area (TPSA) is 29.5 Å². The molecule has 110 valence electrons. The zero-order valence-electron chi connectivity index (χ0n) is 11.4. The number of rotatable bonds is 3. The third-order valence-electron chi connectivity index (χ3n) is 2.54. The van der Waals surface area contributed by atoms with Gasteiger partial charge in [-0.25, -0.2) is 12.1 Å². The second-order valence-electron chi connectivity index (χ2n) is 3.85. The molecular formula is C16H16Cl2O2Zr. The van der Waals surface area contributed by atoms with E-state index in [9.17, 15) is 0 Å². The van der Waals surface area contributed by atoms with E-state index in [0.29, 0.717) is 6.61 Å². The predicted molar refractivity (Wildman–Crippen MR) is 74.2 cm³/mol. The van der Waals surface area contributed by atoms with Gasteiger partial charge in [0.15, 0.2) is 0 Å². The molecular weight excluding hydrogens is 386 g/mol. The fourth-order valence-corrected chi connectivity index (χ4v) is 1.69. The van der Waals surface area contributed by atoms with Gasteiger partial charge in [0.1, 0.15) is 0 Å². The minimum Gasteiger partial charge on any atom is -1.00 e. The maximum atomic E-state index is 8.34. The van der Waals surface area contributed by atoms with Crippen LogP contribution >= 0.6 is 0 Å². The van der Waals surface area contributed by atoms with Crippen LogP contribution in [-0.4, -0.2) is 18.3 Å². The van der Waals surface area contributed by atoms with Crippen molar-refractivity contribution in [3.05, 3.63) is 66.7 Å². The summed E-state index contributed by atoms with van der Waals surface area (Å²) >= 11 is 0. The van der Waals surface area contributed by atoms with Crippen molar-refractivity contribution in [3.8, 4) is 5.75 Å². The Morgan fingerprint density at radius 2 is 1.67 bits per heavy atom. The molecule has 0 aliphatic carbocycles. The van der Waals surface area contributed by atoms with Crippen molar-refractivity contribution < 1.29 is 60.9 Å². The predicted octanol–water partition coefficient (Wildman–Crippen LogP) is -2.66. The van der Waals surface area contributed by atoms with Gasteiger partial charge in [0.25, 0.3) is 0 Å². The van der Waals surface area contributed by atoms with E-state index in [4.69, 9.17) is 9.84 Å². The fourth-order valence-electron chi connectivity index (χ4n) is 1.69. The first kappa shape index (κ1) is 22.7. The van der Waals surface area contributed by atoms with E-state index < -0.39 is 0 Å². The molecule has 0 heterocycles. The number of hydrogen-bond acceptors (Lipinski definition) is 2. The SMILES string of the molecule is OCCO[c-]1cccc1.[Cl-].[Cl-].[Zr+4].c1ccc2[cH-]ccc2c1. The average Bonchev–Trinajstić information content (AvgIpc) is 3.08. The molecule has 0 spiro atoms. The average molecular weight is 402 g/mol. The molecule has 0 saturated heterocycles. The molecule has 0 amide bonds. The molecule has 5 heteroatoms. The van der Waals surface area contributed by atoms with Crippen LogP contribution in [-0.2, 0) is 26.2 Å². The third-order valence-corrected chi connectivity index (χ3v) is 2.54. The number of hydrogen-bond donors (Lipinski definition) is 1. The van der Waals surface area contributed by atoms with Gasteiger partial charge in [-0.2, -0.15) is 17.5 Å². The van der Waals surface area contributed by atoms with Gasteiger partial charge >= 0.3 is 26.2 Å². The van der Waals surface area contributed by atoms with Gasteiger partial charge in [-0.05, 0) is 0 Å². The van der Waals surface area contributed by atoms with Crippen LogP contribution in [0.4, 0.5) is 0 Å². The third kappa shape index (κ3) is 7.83. The molecule has 0 bridgehead atoms. The van der Waals surface area contributed by atoms with E-state index in [2.05, 4.69) is 42.5 Å². The summed E-state index contributed by atoms with van der Waals surface area (Å²) in [5.41, 5.74) is 0. The summed E-state index contributed by atoms with van der Waals surface area (Å²) in [5, 5.41) is 11.0. The summed E-state index contributed by atoms with van der Waals surface area (Å²) in [6, 6.07) is 22.2. The number of aliphatic hydroxyl groups is 1. The van der Waals surface area contributed by atoms with E-state index >= 15 is 0 Å². The van der Waals surface area contributed by atoms with Gasteiger partial charge in [-0.3, -0.25) is 0 Å². The summed E-state index contributed by atoms with van der Waals surface area (Å²) in [6.07, 6.45) is 0. The molecule has 3 aromatic carbocycles. The quantitative estimate of drug-likeness (QED) is 0.485. The maximum absolute atomic E-state index is 8.34. The molecule has 0 radical (unpaired) electrons. The zero-order valence-corrected chi connectivity index (χ0v) is 15.3. The molecule has 0 saturated carbocycles. The summed E-state index contributed by atoms with van der Waals surface area (Å²) in [7, 11) is 0. The van der Waals surface area contributed by atoms with Crippen molar-refractivity contribution in [1.29, 1.82) is 0 Å². The summed E-state index contributed by atoms with van der Waals surface area (Å²) in [4.78, 5) is 0. The molecule has 3 rings (SSSR count). The Hall–Kier alpha value is -0.597. The number of fused-ring (bicyclic) bond motifs is 1. The van der Waals surface area contributed by atoms with Gasteiger partial charge in [-0.1, -0.05) is 6.07 Å². The minimum absolute atomic E-state index is 0. The molecule has 0 aliphatic heterocycles. The van der Waals surface area contributed by atoms with Gasteiger partial charge in [-0.15, -0.1) is 41.8 Å². The molecule has 1 N–H and O–H groups in total. The number of ether oxygens (including phenoxy) is 1. The van der Waals surface area contributed by atoms with Crippen molar-refractivity contribution in [2.45, 2.75) is 0 Å². The molecule has 2 nitrogen and oxygen atoms in total. The van der Waals surface area contributed by atoms with Gasteiger partial charge in [0.2, 0.25) is 0 Å². The minimum atomic E-state index is 0. The van der Waals surface area contributed by atoms with E-state index in [0.717, 1.165) is 5.75 Å². The maximum Gasteiger partial charge on any atom is 4.00 e. The van der Waals surface area contributed by atoms with Crippen LogP contribution in [0.3, 0.4) is 0 Å². The van der Waals surface area contributed by atoms with Gasteiger partial charge in [0, 0.05) is 5.75 Å². The summed E-state index contributed by atoms with van der Waals surface area (Å²) in [6.45, 7) is 0.454. The van der Waals surface area contributed by atoms with Crippen molar-refractivity contribution in [2.75, 3.05) is 13.2 Å². The number of benzene rings is 1. The standard InChI is InChI=1S/C9H7.C7H9O2.2ClH.Zr/c1-2-5-9-7-3-6-8(9)4-1;8-5-6-9-7-3-1-2-4-7;;;/h1-7H;1-4,8H,5-6H2;2*1H;/q2*-1;;;+4/p-2. The second kappa shape index (κ2) is 13.1. The second-order valence-corrected chi connectivity index (χ2v) is 3.85. The van der Waals surface area contributed by atoms with E-state index in [1.54, 1.807) is 0 Å². The van der Waals surface area contributed by atoms with Crippen LogP contribution in [0.25, 0.3) is 10.8 Å². The Balaban J connectivity index is 0. The van der Waals surface area contributed by atoms with Crippen LogP contribution in [0.5, 0.6) is 5.75 Å². The first-order chi connectivity index (χ1) is 8.90. The van der Waals surface area contributed by atoms with Gasteiger partial charge < -0.3 is 34.7 Å². The largest absolute Gasteiger partial charge is 4.00 e. The van der Waals surface area contributed by atoms with Crippen molar-refractivity contribution in [2.24, 2.45) is 0 Å². The number of halogens is 2. The first-order valence-corrected chi connectivity index (χ1v) is 5.96. The van der Waals surface area contributed by atoms with Crippen LogP contribution in [0.1, 0.15) is 0 Å². The Labute approximate surface area is 156 Å². The molecule has 0 aromatic heterocycles. The van der Waals surface area contributed by atoms with Gasteiger partial charge in [0.05, 0.1) is 13.2 Å². The fraction of sp³-hybridized carbons (Fsp3) is 0.125. The smallest absolute Gasteiger partial charge is 1.00 e. The molecule has 3 aromatic rings.